The third-order valence-electron chi connectivity index (χ3n) is 5.69. The maximum atomic E-state index is 12.9. The molecular weight excluding hydrogens is 432 g/mol. The highest BCUT2D eigenvalue weighted by Gasteiger charge is 2.32. The van der Waals surface area contributed by atoms with Crippen molar-refractivity contribution in [2.45, 2.75) is 38.5 Å². The first-order valence-electron chi connectivity index (χ1n) is 10.9. The Bertz CT molecular complexity index is 1150. The van der Waals surface area contributed by atoms with E-state index >= 15 is 0 Å². The van der Waals surface area contributed by atoms with Gasteiger partial charge >= 0.3 is 5.97 Å². The number of carboxylic acid groups (broad SMARTS) is 1. The molecule has 7 nitrogen and oxygen atoms in total. The Balaban J connectivity index is 1.79. The van der Waals surface area contributed by atoms with E-state index < -0.39 is 36.0 Å². The minimum atomic E-state index is -1.71. The van der Waals surface area contributed by atoms with Crippen LogP contribution in [0.15, 0.2) is 78.9 Å². The van der Waals surface area contributed by atoms with Gasteiger partial charge < -0.3 is 20.8 Å². The summed E-state index contributed by atoms with van der Waals surface area (Å²) in [6, 6.07) is 20.3. The molecule has 0 bridgehead atoms. The molecule has 0 aliphatic heterocycles. The highest BCUT2D eigenvalue weighted by atomic mass is 16.4. The van der Waals surface area contributed by atoms with Gasteiger partial charge in [0.2, 0.25) is 0 Å². The summed E-state index contributed by atoms with van der Waals surface area (Å²) in [7, 11) is 0. The number of carbonyl (C=O) groups excluding carboxylic acids is 2. The fourth-order valence-electron chi connectivity index (χ4n) is 3.59. The molecular formula is C27H28N2O5. The van der Waals surface area contributed by atoms with E-state index in [4.69, 9.17) is 0 Å². The van der Waals surface area contributed by atoms with E-state index in [9.17, 15) is 24.6 Å². The minimum Gasteiger partial charge on any atom is -0.480 e. The number of aryl methyl sites for hydroxylation is 2. The Labute approximate surface area is 198 Å². The van der Waals surface area contributed by atoms with Gasteiger partial charge in [-0.15, -0.1) is 0 Å². The number of nitrogens with one attached hydrogen (secondary N) is 2. The van der Waals surface area contributed by atoms with Gasteiger partial charge in [0.05, 0.1) is 6.04 Å². The summed E-state index contributed by atoms with van der Waals surface area (Å²) in [5, 5.41) is 25.7. The van der Waals surface area contributed by atoms with Gasteiger partial charge in [0.25, 0.3) is 11.8 Å². The molecule has 7 heteroatoms. The molecule has 0 saturated carbocycles. The molecule has 3 rings (SSSR count). The van der Waals surface area contributed by atoms with Gasteiger partial charge in [0, 0.05) is 12.0 Å². The van der Waals surface area contributed by atoms with Crippen molar-refractivity contribution in [1.82, 2.24) is 10.6 Å². The maximum Gasteiger partial charge on any atom is 0.326 e. The number of aliphatic carboxylic acids is 1. The van der Waals surface area contributed by atoms with E-state index in [1.807, 2.05) is 32.0 Å². The summed E-state index contributed by atoms with van der Waals surface area (Å²) >= 11 is 0. The standard InChI is InChI=1S/C27H28N2O5/c1-17-13-14-19(15-18(17)2)16-22(27(33)34)28-26(32)24(30)23(20-9-5-3-6-10-20)29-25(31)21-11-7-4-8-12-21/h3-15,22-24,30H,16H2,1-2H3,(H,28,32)(H,29,31)(H,33,34)/t22-,23+,24-/m1/s1. The third kappa shape index (κ3) is 6.30. The molecule has 176 valence electrons. The predicted molar refractivity (Wildman–Crippen MR) is 128 cm³/mol. The lowest BCUT2D eigenvalue weighted by Gasteiger charge is -2.25. The quantitative estimate of drug-likeness (QED) is 0.392. The number of aliphatic hydroxyl groups excluding tert-OH is 1. The molecule has 0 aromatic heterocycles. The summed E-state index contributed by atoms with van der Waals surface area (Å²) in [4.78, 5) is 37.5. The molecule has 0 heterocycles. The fraction of sp³-hybridized carbons (Fsp3) is 0.222. The Hall–Kier alpha value is -3.97. The summed E-state index contributed by atoms with van der Waals surface area (Å²) < 4.78 is 0. The molecule has 3 atom stereocenters. The zero-order valence-electron chi connectivity index (χ0n) is 19.1. The molecule has 4 N–H and O–H groups in total. The number of amides is 2. The van der Waals surface area contributed by atoms with E-state index in [-0.39, 0.29) is 6.42 Å². The van der Waals surface area contributed by atoms with Crippen LogP contribution in [0.2, 0.25) is 0 Å². The van der Waals surface area contributed by atoms with Gasteiger partial charge in [-0.3, -0.25) is 9.59 Å². The van der Waals surface area contributed by atoms with Gasteiger partial charge in [0.1, 0.15) is 6.04 Å². The number of carboxylic acids is 1. The van der Waals surface area contributed by atoms with Crippen LogP contribution in [0, 0.1) is 13.8 Å². The molecule has 3 aromatic carbocycles. The largest absolute Gasteiger partial charge is 0.480 e. The van der Waals surface area contributed by atoms with E-state index in [1.54, 1.807) is 60.7 Å². The van der Waals surface area contributed by atoms with Crippen molar-refractivity contribution in [1.29, 1.82) is 0 Å². The lowest BCUT2D eigenvalue weighted by Crippen LogP contribution is -2.50. The molecule has 0 radical (unpaired) electrons. The summed E-state index contributed by atoms with van der Waals surface area (Å²) in [5.41, 5.74) is 3.72. The van der Waals surface area contributed by atoms with Crippen LogP contribution in [-0.4, -0.2) is 40.1 Å². The van der Waals surface area contributed by atoms with E-state index in [1.165, 1.54) is 0 Å². The van der Waals surface area contributed by atoms with Crippen LogP contribution >= 0.6 is 0 Å². The Kier molecular flexibility index (Phi) is 8.16. The molecule has 0 unspecified atom stereocenters. The van der Waals surface area contributed by atoms with E-state index in [0.29, 0.717) is 11.1 Å². The Morgan fingerprint density at radius 1 is 0.824 bits per heavy atom. The SMILES string of the molecule is Cc1ccc(C[C@@H](NC(=O)[C@H](O)[C@@H](NC(=O)c2ccccc2)c2ccccc2)C(=O)O)cc1C. The van der Waals surface area contributed by atoms with Gasteiger partial charge in [-0.05, 0) is 48.2 Å². The monoisotopic (exact) mass is 460 g/mol. The number of carbonyl (C=O) groups is 3. The number of rotatable bonds is 9. The van der Waals surface area contributed by atoms with Gasteiger partial charge in [-0.1, -0.05) is 66.7 Å². The fourth-order valence-corrected chi connectivity index (χ4v) is 3.59. The van der Waals surface area contributed by atoms with Crippen LogP contribution < -0.4 is 10.6 Å². The van der Waals surface area contributed by atoms with Gasteiger partial charge in [0.15, 0.2) is 6.10 Å². The average molecular weight is 461 g/mol. The highest BCUT2D eigenvalue weighted by Crippen LogP contribution is 2.19. The lowest BCUT2D eigenvalue weighted by molar-refractivity contribution is -0.143. The molecule has 3 aromatic rings. The minimum absolute atomic E-state index is 0.0568. The predicted octanol–water partition coefficient (Wildman–Crippen LogP) is 2.95. The van der Waals surface area contributed by atoms with Crippen molar-refractivity contribution in [2.75, 3.05) is 0 Å². The summed E-state index contributed by atoms with van der Waals surface area (Å²) in [6.07, 6.45) is -1.65. The van der Waals surface area contributed by atoms with E-state index in [2.05, 4.69) is 10.6 Å². The zero-order chi connectivity index (χ0) is 24.7. The van der Waals surface area contributed by atoms with Crippen molar-refractivity contribution < 1.29 is 24.6 Å². The average Bonchev–Trinajstić information content (AvgIpc) is 2.84. The second kappa shape index (κ2) is 11.2. The smallest absolute Gasteiger partial charge is 0.326 e. The molecule has 0 spiro atoms. The van der Waals surface area contributed by atoms with Crippen molar-refractivity contribution in [2.24, 2.45) is 0 Å². The highest BCUT2D eigenvalue weighted by molar-refractivity contribution is 5.95. The van der Waals surface area contributed by atoms with Gasteiger partial charge in [-0.25, -0.2) is 4.79 Å². The van der Waals surface area contributed by atoms with Crippen LogP contribution in [-0.2, 0) is 16.0 Å². The normalized spacial score (nSPS) is 13.4. The second-order valence-corrected chi connectivity index (χ2v) is 8.19. The third-order valence-corrected chi connectivity index (χ3v) is 5.69. The van der Waals surface area contributed by atoms with Gasteiger partial charge in [-0.2, -0.15) is 0 Å². The first-order chi connectivity index (χ1) is 16.3. The van der Waals surface area contributed by atoms with E-state index in [0.717, 1.165) is 16.7 Å². The molecule has 0 aliphatic rings. The van der Waals surface area contributed by atoms with Crippen LogP contribution in [0.3, 0.4) is 0 Å². The Morgan fingerprint density at radius 2 is 1.44 bits per heavy atom. The van der Waals surface area contributed by atoms with Crippen LogP contribution in [0.1, 0.15) is 38.7 Å². The van der Waals surface area contributed by atoms with Crippen molar-refractivity contribution >= 4 is 17.8 Å². The van der Waals surface area contributed by atoms with Crippen LogP contribution in [0.5, 0.6) is 0 Å². The summed E-state index contributed by atoms with van der Waals surface area (Å²) in [5.74, 6) is -2.58. The van der Waals surface area contributed by atoms with Crippen LogP contribution in [0.25, 0.3) is 0 Å². The molecule has 34 heavy (non-hydrogen) atoms. The van der Waals surface area contributed by atoms with Crippen LogP contribution in [0.4, 0.5) is 0 Å². The van der Waals surface area contributed by atoms with Crippen molar-refractivity contribution in [3.8, 4) is 0 Å². The Morgan fingerprint density at radius 3 is 2.03 bits per heavy atom. The number of benzene rings is 3. The summed E-state index contributed by atoms with van der Waals surface area (Å²) in [6.45, 7) is 3.89. The zero-order valence-corrected chi connectivity index (χ0v) is 19.1. The number of hydrogen-bond acceptors (Lipinski definition) is 4. The number of aliphatic hydroxyl groups is 1. The van der Waals surface area contributed by atoms with Crippen molar-refractivity contribution in [3.05, 3.63) is 107 Å². The van der Waals surface area contributed by atoms with Crippen molar-refractivity contribution in [3.63, 3.8) is 0 Å². The topological polar surface area (TPSA) is 116 Å². The first-order valence-corrected chi connectivity index (χ1v) is 10.9. The molecule has 0 fully saturated rings. The molecule has 0 saturated heterocycles. The second-order valence-electron chi connectivity index (χ2n) is 8.19. The maximum absolute atomic E-state index is 12.9. The number of hydrogen-bond donors (Lipinski definition) is 4. The molecule has 0 aliphatic carbocycles. The first kappa shape index (κ1) is 24.7. The molecule has 2 amide bonds. The lowest BCUT2D eigenvalue weighted by atomic mass is 9.98.